The van der Waals surface area contributed by atoms with E-state index >= 15 is 0 Å². The zero-order chi connectivity index (χ0) is 38.3. The topological polar surface area (TPSA) is 274 Å². The maximum absolute atomic E-state index is 13.6. The van der Waals surface area contributed by atoms with Gasteiger partial charge in [-0.25, -0.2) is 0 Å². The zero-order valence-corrected chi connectivity index (χ0v) is 30.0. The lowest BCUT2D eigenvalue weighted by atomic mass is 9.71. The van der Waals surface area contributed by atoms with Crippen LogP contribution in [0, 0.1) is 38.5 Å². The lowest BCUT2D eigenvalue weighted by molar-refractivity contribution is 0.195. The van der Waals surface area contributed by atoms with Gasteiger partial charge in [0.25, 0.3) is 20.2 Å². The third-order valence-corrected chi connectivity index (χ3v) is 13.1. The number of hydrazone groups is 2. The summed E-state index contributed by atoms with van der Waals surface area (Å²) in [7, 11) is -10.4. The summed E-state index contributed by atoms with van der Waals surface area (Å²) >= 11 is 0. The van der Waals surface area contributed by atoms with Crippen LogP contribution in [0.4, 0.5) is 0 Å². The lowest BCUT2D eigenvalue weighted by Gasteiger charge is -2.43. The molecule has 0 saturated carbocycles. The summed E-state index contributed by atoms with van der Waals surface area (Å²) in [6.07, 6.45) is -4.13. The van der Waals surface area contributed by atoms with Gasteiger partial charge in [0.1, 0.15) is 23.6 Å². The summed E-state index contributed by atoms with van der Waals surface area (Å²) < 4.78 is 71.3. The molecule has 2 aliphatic rings. The summed E-state index contributed by atoms with van der Waals surface area (Å²) in [6.45, 7) is 6.42. The van der Waals surface area contributed by atoms with Crippen LogP contribution in [0.3, 0.4) is 0 Å². The molecule has 52 heavy (non-hydrogen) atoms. The third-order valence-electron chi connectivity index (χ3n) is 10.2. The van der Waals surface area contributed by atoms with Crippen molar-refractivity contribution in [3.05, 3.63) is 128 Å². The number of nitrogens with zero attached hydrogens (tertiary/aromatic N) is 2. The smallest absolute Gasteiger partial charge is 0.282 e. The molecule has 0 spiro atoms. The molecule has 6 rings (SSSR count). The maximum atomic E-state index is 13.6. The Balaban J connectivity index is 1.61. The molecule has 10 N–H and O–H groups in total. The molecule has 0 radical (unpaired) electrons. The van der Waals surface area contributed by atoms with Gasteiger partial charge in [0.05, 0.1) is 11.4 Å². The Labute approximate surface area is 300 Å². The molecule has 2 aliphatic carbocycles. The number of hydrogen-bond donors (Lipinski definition) is 8. The number of fused-ring (bicyclic) bond motifs is 2. The van der Waals surface area contributed by atoms with Crippen molar-refractivity contribution in [1.82, 2.24) is 0 Å². The molecule has 0 heterocycles. The highest BCUT2D eigenvalue weighted by atomic mass is 32.2. The first-order valence-corrected chi connectivity index (χ1v) is 18.7. The quantitative estimate of drug-likeness (QED) is 0.0840. The fourth-order valence-corrected chi connectivity index (χ4v) is 11.2. The van der Waals surface area contributed by atoms with E-state index in [2.05, 4.69) is 10.2 Å². The largest absolute Gasteiger partial charge is 0.384 e. The van der Waals surface area contributed by atoms with Crippen LogP contribution in [0.15, 0.2) is 83.0 Å². The minimum Gasteiger partial charge on any atom is -0.384 e. The SMILES string of the molecule is Cc1cc(-c2cc(C)c(C3(S(=O)(=O)O)c4ccccc4C(=N)C(=NN)C3O)c(C)c2)cc(C)c1C1(S(=O)(=O)O)c2ccccc2C(=N)C(=NN)C1O. The third kappa shape index (κ3) is 4.76. The van der Waals surface area contributed by atoms with Gasteiger partial charge < -0.3 is 21.9 Å². The predicted molar refractivity (Wildman–Crippen MR) is 197 cm³/mol. The van der Waals surface area contributed by atoms with Crippen LogP contribution in [0.25, 0.3) is 11.1 Å². The highest BCUT2D eigenvalue weighted by Gasteiger charge is 2.61. The number of aliphatic hydroxyl groups excluding tert-OH is 2. The van der Waals surface area contributed by atoms with Crippen molar-refractivity contribution < 1.29 is 36.2 Å². The first kappa shape index (κ1) is 36.7. The zero-order valence-electron chi connectivity index (χ0n) is 28.4. The van der Waals surface area contributed by atoms with E-state index in [4.69, 9.17) is 22.5 Å². The molecule has 14 nitrogen and oxygen atoms in total. The number of hydrogen-bond acceptors (Lipinski definition) is 12. The number of nitrogens with two attached hydrogens (primary N) is 2. The van der Waals surface area contributed by atoms with Crippen molar-refractivity contribution in [3.63, 3.8) is 0 Å². The molecule has 0 bridgehead atoms. The molecule has 4 aromatic carbocycles. The first-order valence-electron chi connectivity index (χ1n) is 15.8. The Hall–Kier alpha value is -5.10. The summed E-state index contributed by atoms with van der Waals surface area (Å²) in [4.78, 5) is 0. The number of aryl methyl sites for hydroxylation is 4. The Morgan fingerprint density at radius 1 is 0.596 bits per heavy atom. The Bertz CT molecular complexity index is 2310. The Morgan fingerprint density at radius 2 is 0.885 bits per heavy atom. The van der Waals surface area contributed by atoms with Gasteiger partial charge in [0, 0.05) is 11.1 Å². The van der Waals surface area contributed by atoms with E-state index in [9.17, 15) is 36.2 Å². The van der Waals surface area contributed by atoms with E-state index in [0.717, 1.165) is 0 Å². The summed E-state index contributed by atoms with van der Waals surface area (Å²) in [5.74, 6) is 11.1. The molecule has 0 aromatic heterocycles. The summed E-state index contributed by atoms with van der Waals surface area (Å²) in [6, 6.07) is 18.6. The second-order valence-electron chi connectivity index (χ2n) is 13.1. The minimum atomic E-state index is -5.21. The molecule has 0 saturated heterocycles. The molecule has 0 fully saturated rings. The molecule has 0 amide bonds. The monoisotopic (exact) mass is 744 g/mol. The van der Waals surface area contributed by atoms with Gasteiger partial charge in [-0.1, -0.05) is 72.8 Å². The van der Waals surface area contributed by atoms with Crippen LogP contribution in [-0.4, -0.2) is 71.2 Å². The second-order valence-corrected chi connectivity index (χ2v) is 16.3. The van der Waals surface area contributed by atoms with Crippen LogP contribution in [0.1, 0.15) is 55.6 Å². The molecule has 4 unspecified atom stereocenters. The van der Waals surface area contributed by atoms with Crippen molar-refractivity contribution in [2.75, 3.05) is 0 Å². The van der Waals surface area contributed by atoms with E-state index in [-0.39, 0.29) is 44.8 Å². The second kappa shape index (κ2) is 12.3. The maximum Gasteiger partial charge on any atom is 0.282 e. The van der Waals surface area contributed by atoms with E-state index < -0.39 is 53.4 Å². The van der Waals surface area contributed by atoms with Crippen molar-refractivity contribution in [2.45, 2.75) is 49.4 Å². The standard InChI is InChI=1S/C36H36N6O8S2/c1-17-13-21(14-18(2)27(17)35(51(45,46)47)25-11-7-5-9-23(25)29(37)31(41-39)33(35)43)22-15-19(3)28(20(4)16-22)36(52(48,49)50)26-12-8-6-10-24(26)30(38)32(42-40)34(36)44/h5-16,33-34,37-38,43-44H,39-40H2,1-4H3,(H,45,46,47)(H,48,49,50). The molecular weight excluding hydrogens is 709 g/mol. The van der Waals surface area contributed by atoms with E-state index in [0.29, 0.717) is 33.4 Å². The highest BCUT2D eigenvalue weighted by Crippen LogP contribution is 2.51. The average Bonchev–Trinajstić information content (AvgIpc) is 3.06. The molecule has 16 heteroatoms. The van der Waals surface area contributed by atoms with Crippen LogP contribution in [0.5, 0.6) is 0 Å². The molecule has 270 valence electrons. The van der Waals surface area contributed by atoms with Gasteiger partial charge in [-0.3, -0.25) is 19.9 Å². The van der Waals surface area contributed by atoms with E-state index in [1.807, 2.05) is 0 Å². The van der Waals surface area contributed by atoms with Gasteiger partial charge in [-0.15, -0.1) is 0 Å². The Kier molecular flexibility index (Phi) is 8.64. The Morgan fingerprint density at radius 3 is 1.15 bits per heavy atom. The number of rotatable bonds is 5. The first-order chi connectivity index (χ1) is 24.3. The van der Waals surface area contributed by atoms with Gasteiger partial charge in [-0.05, 0) is 83.3 Å². The summed E-state index contributed by atoms with van der Waals surface area (Å²) in [5.41, 5.74) is 1.19. The van der Waals surface area contributed by atoms with Crippen LogP contribution >= 0.6 is 0 Å². The van der Waals surface area contributed by atoms with Gasteiger partial charge in [0.15, 0.2) is 9.49 Å². The lowest BCUT2D eigenvalue weighted by Crippen LogP contribution is -2.57. The summed E-state index contributed by atoms with van der Waals surface area (Å²) in [5, 5.41) is 47.6. The van der Waals surface area contributed by atoms with Gasteiger partial charge in [0.2, 0.25) is 0 Å². The van der Waals surface area contributed by atoms with Crippen molar-refractivity contribution >= 4 is 43.1 Å². The molecule has 4 aromatic rings. The van der Waals surface area contributed by atoms with Crippen LogP contribution < -0.4 is 11.7 Å². The van der Waals surface area contributed by atoms with Crippen molar-refractivity contribution in [1.29, 1.82) is 10.8 Å². The minimum absolute atomic E-state index is 0.0345. The van der Waals surface area contributed by atoms with Crippen LogP contribution in [-0.2, 0) is 29.7 Å². The van der Waals surface area contributed by atoms with E-state index in [1.54, 1.807) is 64.1 Å². The molecule has 0 aliphatic heterocycles. The number of nitrogens with one attached hydrogen (secondary N) is 2. The molecule has 4 atom stereocenters. The average molecular weight is 745 g/mol. The van der Waals surface area contributed by atoms with Crippen molar-refractivity contribution in [3.8, 4) is 11.1 Å². The fourth-order valence-electron chi connectivity index (χ4n) is 8.34. The molecular formula is C36H36N6O8S2. The van der Waals surface area contributed by atoms with Crippen molar-refractivity contribution in [2.24, 2.45) is 21.9 Å². The fraction of sp³-hybridized carbons (Fsp3) is 0.222. The number of benzene rings is 4. The highest BCUT2D eigenvalue weighted by molar-refractivity contribution is 7.87. The normalized spacial score (nSPS) is 24.9. The van der Waals surface area contributed by atoms with Crippen LogP contribution in [0.2, 0.25) is 0 Å². The predicted octanol–water partition coefficient (Wildman–Crippen LogP) is 2.96. The number of aliphatic hydroxyl groups is 2. The van der Waals surface area contributed by atoms with Gasteiger partial charge in [-0.2, -0.15) is 27.0 Å². The van der Waals surface area contributed by atoms with Gasteiger partial charge >= 0.3 is 0 Å². The van der Waals surface area contributed by atoms with E-state index in [1.165, 1.54) is 36.4 Å².